The molecule has 6 rings (SSSR count). The van der Waals surface area contributed by atoms with Crippen molar-refractivity contribution in [3.8, 4) is 23.0 Å². The fourth-order valence-electron chi connectivity index (χ4n) is 5.26. The summed E-state index contributed by atoms with van der Waals surface area (Å²) in [6.45, 7) is 1.59. The maximum absolute atomic E-state index is 6.57. The molecule has 1 aliphatic carbocycles. The topological polar surface area (TPSA) is 55.4 Å². The highest BCUT2D eigenvalue weighted by molar-refractivity contribution is 5.58. The number of rotatable bonds is 3. The maximum Gasteiger partial charge on any atom is 0.231 e. The van der Waals surface area contributed by atoms with Crippen molar-refractivity contribution in [2.75, 3.05) is 34.2 Å². The third-order valence-electron chi connectivity index (χ3n) is 6.45. The average molecular weight is 368 g/mol. The fourth-order valence-corrected chi connectivity index (χ4v) is 5.26. The lowest BCUT2D eigenvalue weighted by atomic mass is 9.66. The van der Waals surface area contributed by atoms with Gasteiger partial charge in [-0.3, -0.25) is 0 Å². The molecule has 4 bridgehead atoms. The third-order valence-corrected chi connectivity index (χ3v) is 6.45. The summed E-state index contributed by atoms with van der Waals surface area (Å²) in [5.41, 5.74) is 2.73. The molecule has 27 heavy (non-hydrogen) atoms. The van der Waals surface area contributed by atoms with Gasteiger partial charge in [0.25, 0.3) is 0 Å². The van der Waals surface area contributed by atoms with Gasteiger partial charge in [-0.2, -0.15) is 0 Å². The van der Waals surface area contributed by atoms with E-state index in [1.165, 1.54) is 0 Å². The Morgan fingerprint density at radius 2 is 1.78 bits per heavy atom. The Kier molecular flexibility index (Phi) is 3.06. The minimum atomic E-state index is -0.576. The number of fused-ring (bicyclic) bond motifs is 4. The van der Waals surface area contributed by atoms with Gasteiger partial charge in [0, 0.05) is 11.8 Å². The monoisotopic (exact) mass is 368 g/mol. The van der Waals surface area contributed by atoms with Crippen molar-refractivity contribution in [2.24, 2.45) is 11.8 Å². The average Bonchev–Trinajstić information content (AvgIpc) is 3.38. The van der Waals surface area contributed by atoms with Crippen LogP contribution in [0.4, 0.5) is 0 Å². The summed E-state index contributed by atoms with van der Waals surface area (Å²) in [6.07, 6.45) is 0.0512. The van der Waals surface area contributed by atoms with E-state index in [1.807, 2.05) is 12.1 Å². The highest BCUT2D eigenvalue weighted by atomic mass is 16.7. The van der Waals surface area contributed by atoms with Crippen LogP contribution in [0.5, 0.6) is 23.0 Å². The second kappa shape index (κ2) is 5.30. The fraction of sp³-hybridized carbons (Fsp3) is 0.429. The number of methoxy groups -OCH3 is 2. The molecule has 2 saturated heterocycles. The number of hydrogen-bond donors (Lipinski definition) is 0. The summed E-state index contributed by atoms with van der Waals surface area (Å²) >= 11 is 0. The molecular formula is C21H20O6. The van der Waals surface area contributed by atoms with Gasteiger partial charge in [-0.15, -0.1) is 0 Å². The molecule has 4 aliphatic rings. The SMILES string of the molecule is COc1ccc([C@@]23OC[C@H]4[C@@H](OC[C@@H]42)c2cc4c(cc23)OCO4)cc1OC. The van der Waals surface area contributed by atoms with Crippen molar-refractivity contribution in [1.29, 1.82) is 0 Å². The van der Waals surface area contributed by atoms with Crippen LogP contribution < -0.4 is 18.9 Å². The molecule has 6 heteroatoms. The van der Waals surface area contributed by atoms with Crippen LogP contribution in [0.2, 0.25) is 0 Å². The molecule has 0 radical (unpaired) electrons. The summed E-state index contributed by atoms with van der Waals surface area (Å²) in [4.78, 5) is 0. The molecule has 2 fully saturated rings. The Morgan fingerprint density at radius 3 is 2.59 bits per heavy atom. The van der Waals surface area contributed by atoms with E-state index in [1.54, 1.807) is 14.2 Å². The molecule has 4 atom stereocenters. The summed E-state index contributed by atoms with van der Waals surface area (Å²) < 4.78 is 35.0. The lowest BCUT2D eigenvalue weighted by molar-refractivity contribution is -0.0130. The molecule has 0 saturated carbocycles. The van der Waals surface area contributed by atoms with Crippen LogP contribution in [-0.4, -0.2) is 34.2 Å². The number of ether oxygens (including phenoxy) is 6. The Labute approximate surface area is 156 Å². The normalized spacial score (nSPS) is 31.7. The molecule has 2 aromatic rings. The molecular weight excluding hydrogens is 348 g/mol. The van der Waals surface area contributed by atoms with Gasteiger partial charge in [-0.1, -0.05) is 6.07 Å². The van der Waals surface area contributed by atoms with E-state index in [0.717, 1.165) is 28.2 Å². The zero-order chi connectivity index (χ0) is 18.2. The first-order valence-corrected chi connectivity index (χ1v) is 9.18. The largest absolute Gasteiger partial charge is 0.493 e. The second-order valence-electron chi connectivity index (χ2n) is 7.43. The van der Waals surface area contributed by atoms with Crippen molar-refractivity contribution >= 4 is 0 Å². The summed E-state index contributed by atoms with van der Waals surface area (Å²) in [5, 5.41) is 0. The van der Waals surface area contributed by atoms with Gasteiger partial charge >= 0.3 is 0 Å². The highest BCUT2D eigenvalue weighted by Crippen LogP contribution is 2.64. The Hall–Kier alpha value is -2.44. The van der Waals surface area contributed by atoms with Gasteiger partial charge in [0.05, 0.1) is 33.5 Å². The van der Waals surface area contributed by atoms with E-state index in [4.69, 9.17) is 28.4 Å². The molecule has 0 amide bonds. The molecule has 0 spiro atoms. The smallest absolute Gasteiger partial charge is 0.231 e. The first kappa shape index (κ1) is 15.6. The van der Waals surface area contributed by atoms with E-state index >= 15 is 0 Å². The van der Waals surface area contributed by atoms with Crippen LogP contribution in [0.1, 0.15) is 22.8 Å². The predicted molar refractivity (Wildman–Crippen MR) is 94.5 cm³/mol. The van der Waals surface area contributed by atoms with E-state index in [-0.39, 0.29) is 18.8 Å². The minimum Gasteiger partial charge on any atom is -0.493 e. The lowest BCUT2D eigenvalue weighted by Crippen LogP contribution is -2.39. The van der Waals surface area contributed by atoms with Crippen molar-refractivity contribution in [1.82, 2.24) is 0 Å². The Balaban J connectivity index is 1.61. The van der Waals surface area contributed by atoms with E-state index in [0.29, 0.717) is 30.6 Å². The summed E-state index contributed by atoms with van der Waals surface area (Å²) in [7, 11) is 3.29. The molecule has 140 valence electrons. The van der Waals surface area contributed by atoms with Crippen LogP contribution >= 0.6 is 0 Å². The van der Waals surface area contributed by atoms with Gasteiger partial charge < -0.3 is 28.4 Å². The Morgan fingerprint density at radius 1 is 0.963 bits per heavy atom. The van der Waals surface area contributed by atoms with Crippen LogP contribution in [0.3, 0.4) is 0 Å². The van der Waals surface area contributed by atoms with Gasteiger partial charge in [-0.05, 0) is 41.0 Å². The number of hydrogen-bond acceptors (Lipinski definition) is 6. The minimum absolute atomic E-state index is 0.0512. The first-order valence-electron chi connectivity index (χ1n) is 9.18. The van der Waals surface area contributed by atoms with Crippen LogP contribution in [0.25, 0.3) is 0 Å². The van der Waals surface area contributed by atoms with Gasteiger partial charge in [0.15, 0.2) is 23.0 Å². The molecule has 2 aromatic carbocycles. The lowest BCUT2D eigenvalue weighted by Gasteiger charge is -2.38. The molecule has 0 unspecified atom stereocenters. The summed E-state index contributed by atoms with van der Waals surface area (Å²) in [6, 6.07) is 10.2. The van der Waals surface area contributed by atoms with Crippen molar-refractivity contribution in [3.63, 3.8) is 0 Å². The zero-order valence-electron chi connectivity index (χ0n) is 15.2. The molecule has 3 heterocycles. The maximum atomic E-state index is 6.57. The van der Waals surface area contributed by atoms with Gasteiger partial charge in [-0.25, -0.2) is 0 Å². The molecule has 0 aromatic heterocycles. The third kappa shape index (κ3) is 1.82. The van der Waals surface area contributed by atoms with E-state index in [9.17, 15) is 0 Å². The van der Waals surface area contributed by atoms with E-state index in [2.05, 4.69) is 18.2 Å². The highest BCUT2D eigenvalue weighted by Gasteiger charge is 2.63. The quantitative estimate of drug-likeness (QED) is 0.830. The van der Waals surface area contributed by atoms with Crippen molar-refractivity contribution in [2.45, 2.75) is 11.7 Å². The van der Waals surface area contributed by atoms with Gasteiger partial charge in [0.1, 0.15) is 5.60 Å². The summed E-state index contributed by atoms with van der Waals surface area (Å²) in [5.74, 6) is 3.54. The Bertz CT molecular complexity index is 941. The zero-order valence-corrected chi connectivity index (χ0v) is 15.2. The van der Waals surface area contributed by atoms with Crippen LogP contribution in [-0.2, 0) is 15.1 Å². The molecule has 0 N–H and O–H groups in total. The molecule has 3 aliphatic heterocycles. The second-order valence-corrected chi connectivity index (χ2v) is 7.43. The predicted octanol–water partition coefficient (Wildman–Crippen LogP) is 3.02. The molecule has 6 nitrogen and oxygen atoms in total. The van der Waals surface area contributed by atoms with Crippen molar-refractivity contribution < 1.29 is 28.4 Å². The number of benzene rings is 2. The van der Waals surface area contributed by atoms with Crippen molar-refractivity contribution in [3.05, 3.63) is 47.0 Å². The van der Waals surface area contributed by atoms with Crippen LogP contribution in [0, 0.1) is 11.8 Å². The standard InChI is InChI=1S/C21H20O6/c1-22-16-4-3-11(5-17(16)23-2)21-14-7-19-18(25-10-26-19)6-12(14)20-13(8-27-21)15(21)9-24-20/h3-7,13,15,20H,8-10H2,1-2H3/t13-,15+,20+,21+/m1/s1. The van der Waals surface area contributed by atoms with Crippen LogP contribution in [0.15, 0.2) is 30.3 Å². The first-order chi connectivity index (χ1) is 13.3. The van der Waals surface area contributed by atoms with Gasteiger partial charge in [0.2, 0.25) is 6.79 Å². The van der Waals surface area contributed by atoms with E-state index < -0.39 is 5.60 Å².